The number of nitrogens with one attached hydrogen (secondary N) is 2. The Hall–Kier alpha value is -2.83. The molecule has 1 aliphatic heterocycles. The summed E-state index contributed by atoms with van der Waals surface area (Å²) in [6.45, 7) is 7.43. The minimum absolute atomic E-state index is 0.291. The van der Waals surface area contributed by atoms with Crippen LogP contribution in [0.5, 0.6) is 5.75 Å². The second-order valence-electron chi connectivity index (χ2n) is 7.02. The Morgan fingerprint density at radius 3 is 2.48 bits per heavy atom. The van der Waals surface area contributed by atoms with Crippen molar-refractivity contribution >= 4 is 16.9 Å². The van der Waals surface area contributed by atoms with Crippen LogP contribution in [0.25, 0.3) is 10.9 Å². The molecule has 1 fully saturated rings. The van der Waals surface area contributed by atoms with Crippen LogP contribution in [-0.4, -0.2) is 56.3 Å². The molecule has 1 aliphatic rings. The number of nitrogens with zero attached hydrogens (tertiary/aromatic N) is 1. The van der Waals surface area contributed by atoms with E-state index in [1.807, 2.05) is 12.3 Å². The summed E-state index contributed by atoms with van der Waals surface area (Å²) in [5, 5.41) is 4.68. The topological polar surface area (TPSA) is 66.6 Å². The third-order valence-corrected chi connectivity index (χ3v) is 5.12. The number of carbonyl (C=O) groups excluding carboxylic acids is 1. The molecular formula is C23H29N3O3. The van der Waals surface area contributed by atoms with Gasteiger partial charge in [-0.1, -0.05) is 18.2 Å². The number of hydrogen-bond acceptors (Lipinski definition) is 5. The Bertz CT molecular complexity index is 931. The van der Waals surface area contributed by atoms with Crippen molar-refractivity contribution in [3.05, 3.63) is 65.4 Å². The van der Waals surface area contributed by atoms with Crippen molar-refractivity contribution in [1.29, 1.82) is 0 Å². The van der Waals surface area contributed by atoms with E-state index < -0.39 is 0 Å². The van der Waals surface area contributed by atoms with E-state index >= 15 is 0 Å². The number of aromatic nitrogens is 1. The average Bonchev–Trinajstić information content (AvgIpc) is 3.27. The highest BCUT2D eigenvalue weighted by atomic mass is 16.5. The van der Waals surface area contributed by atoms with E-state index in [-0.39, 0.29) is 5.97 Å². The molecule has 2 aromatic carbocycles. The highest BCUT2D eigenvalue weighted by molar-refractivity contribution is 5.89. The van der Waals surface area contributed by atoms with Crippen LogP contribution < -0.4 is 10.1 Å². The van der Waals surface area contributed by atoms with Gasteiger partial charge >= 0.3 is 5.97 Å². The Balaban J connectivity index is 0.000000204. The van der Waals surface area contributed by atoms with Gasteiger partial charge in [0.25, 0.3) is 0 Å². The highest BCUT2D eigenvalue weighted by Crippen LogP contribution is 2.31. The van der Waals surface area contributed by atoms with Crippen molar-refractivity contribution < 1.29 is 14.3 Å². The van der Waals surface area contributed by atoms with Gasteiger partial charge in [-0.15, -0.1) is 0 Å². The van der Waals surface area contributed by atoms with E-state index in [1.54, 1.807) is 31.4 Å². The van der Waals surface area contributed by atoms with E-state index in [1.165, 1.54) is 29.1 Å². The summed E-state index contributed by atoms with van der Waals surface area (Å²) in [6.07, 6.45) is 2.01. The molecule has 6 nitrogen and oxygen atoms in total. The SMILES string of the molecule is COC(=O)c1ccccc1.COc1cc(C)c2[nH]ccc2c1CN1CCNCC1. The van der Waals surface area contributed by atoms with Crippen molar-refractivity contribution in [2.24, 2.45) is 0 Å². The van der Waals surface area contributed by atoms with Crippen LogP contribution >= 0.6 is 0 Å². The highest BCUT2D eigenvalue weighted by Gasteiger charge is 2.16. The van der Waals surface area contributed by atoms with E-state index in [4.69, 9.17) is 4.74 Å². The predicted molar refractivity (Wildman–Crippen MR) is 116 cm³/mol. The maximum atomic E-state index is 10.8. The monoisotopic (exact) mass is 395 g/mol. The van der Waals surface area contributed by atoms with Crippen LogP contribution in [-0.2, 0) is 11.3 Å². The summed E-state index contributed by atoms with van der Waals surface area (Å²) in [4.78, 5) is 16.6. The summed E-state index contributed by atoms with van der Waals surface area (Å²) >= 11 is 0. The van der Waals surface area contributed by atoms with Gasteiger partial charge < -0.3 is 19.8 Å². The Labute approximate surface area is 171 Å². The maximum absolute atomic E-state index is 10.8. The first-order chi connectivity index (χ1) is 14.1. The van der Waals surface area contributed by atoms with Gasteiger partial charge in [-0.2, -0.15) is 0 Å². The third-order valence-electron chi connectivity index (χ3n) is 5.12. The first-order valence-electron chi connectivity index (χ1n) is 9.84. The molecule has 6 heteroatoms. The lowest BCUT2D eigenvalue weighted by Crippen LogP contribution is -2.42. The number of piperazine rings is 1. The number of methoxy groups -OCH3 is 2. The third kappa shape index (κ3) is 5.16. The van der Waals surface area contributed by atoms with E-state index in [2.05, 4.69) is 39.0 Å². The summed E-state index contributed by atoms with van der Waals surface area (Å²) in [7, 11) is 3.13. The molecule has 29 heavy (non-hydrogen) atoms. The van der Waals surface area contributed by atoms with E-state index in [0.717, 1.165) is 38.5 Å². The van der Waals surface area contributed by atoms with Crippen molar-refractivity contribution in [1.82, 2.24) is 15.2 Å². The largest absolute Gasteiger partial charge is 0.496 e. The number of benzene rings is 2. The number of ether oxygens (including phenoxy) is 2. The van der Waals surface area contributed by atoms with Gasteiger partial charge in [0.1, 0.15) is 5.75 Å². The van der Waals surface area contributed by atoms with Crippen LogP contribution in [0.1, 0.15) is 21.5 Å². The first-order valence-corrected chi connectivity index (χ1v) is 9.84. The minimum Gasteiger partial charge on any atom is -0.496 e. The molecule has 154 valence electrons. The molecule has 0 aliphatic carbocycles. The van der Waals surface area contributed by atoms with Crippen LogP contribution in [0.3, 0.4) is 0 Å². The number of fused-ring (bicyclic) bond motifs is 1. The number of H-pyrrole nitrogens is 1. The predicted octanol–water partition coefficient (Wildman–Crippen LogP) is 3.36. The fourth-order valence-corrected chi connectivity index (χ4v) is 3.57. The lowest BCUT2D eigenvalue weighted by atomic mass is 10.0. The number of esters is 1. The zero-order valence-electron chi connectivity index (χ0n) is 17.3. The van der Waals surface area contributed by atoms with Gasteiger partial charge in [0.2, 0.25) is 0 Å². The molecule has 1 aromatic heterocycles. The van der Waals surface area contributed by atoms with E-state index in [0.29, 0.717) is 5.56 Å². The van der Waals surface area contributed by atoms with Crippen LogP contribution in [0, 0.1) is 6.92 Å². The molecule has 0 unspecified atom stereocenters. The molecule has 2 N–H and O–H groups in total. The summed E-state index contributed by atoms with van der Waals surface area (Å²) < 4.78 is 10.1. The van der Waals surface area contributed by atoms with Gasteiger partial charge in [0.05, 0.1) is 19.8 Å². The fourth-order valence-electron chi connectivity index (χ4n) is 3.57. The summed E-state index contributed by atoms with van der Waals surface area (Å²) in [6, 6.07) is 13.2. The number of aromatic amines is 1. The van der Waals surface area contributed by atoms with Crippen LogP contribution in [0.4, 0.5) is 0 Å². The van der Waals surface area contributed by atoms with Crippen molar-refractivity contribution in [3.63, 3.8) is 0 Å². The Morgan fingerprint density at radius 1 is 1.10 bits per heavy atom. The lowest BCUT2D eigenvalue weighted by Gasteiger charge is -2.28. The van der Waals surface area contributed by atoms with Crippen LogP contribution in [0.2, 0.25) is 0 Å². The van der Waals surface area contributed by atoms with Gasteiger partial charge in [-0.3, -0.25) is 4.90 Å². The first kappa shape index (κ1) is 20.9. The average molecular weight is 396 g/mol. The van der Waals surface area contributed by atoms with Crippen molar-refractivity contribution in [3.8, 4) is 5.75 Å². The minimum atomic E-state index is -0.291. The molecule has 0 bridgehead atoms. The second kappa shape index (κ2) is 10.1. The van der Waals surface area contributed by atoms with Gasteiger partial charge in [0, 0.05) is 55.4 Å². The van der Waals surface area contributed by atoms with Gasteiger partial charge in [-0.05, 0) is 36.8 Å². The Morgan fingerprint density at radius 2 is 1.83 bits per heavy atom. The normalized spacial score (nSPS) is 14.2. The molecule has 0 amide bonds. The van der Waals surface area contributed by atoms with Crippen molar-refractivity contribution in [2.45, 2.75) is 13.5 Å². The quantitative estimate of drug-likeness (QED) is 0.663. The fraction of sp³-hybridized carbons (Fsp3) is 0.348. The molecular weight excluding hydrogens is 366 g/mol. The van der Waals surface area contributed by atoms with Gasteiger partial charge in [0.15, 0.2) is 0 Å². The molecule has 0 atom stereocenters. The molecule has 1 saturated heterocycles. The summed E-state index contributed by atoms with van der Waals surface area (Å²) in [5.74, 6) is 0.712. The van der Waals surface area contributed by atoms with E-state index in [9.17, 15) is 4.79 Å². The zero-order chi connectivity index (χ0) is 20.6. The van der Waals surface area contributed by atoms with Crippen molar-refractivity contribution in [2.75, 3.05) is 40.4 Å². The number of rotatable bonds is 4. The smallest absolute Gasteiger partial charge is 0.337 e. The summed E-state index contributed by atoms with van der Waals surface area (Å²) in [5.41, 5.74) is 4.35. The number of carbonyl (C=O) groups is 1. The molecule has 0 radical (unpaired) electrons. The lowest BCUT2D eigenvalue weighted by molar-refractivity contribution is 0.0600. The standard InChI is InChI=1S/C15H21N3O.C8H8O2/c1-11-9-14(19-2)13(12-3-4-17-15(11)12)10-18-7-5-16-6-8-18;1-10-8(9)7-5-3-2-4-6-7/h3-4,9,16-17H,5-8,10H2,1-2H3;2-6H,1H3. The number of hydrogen-bond donors (Lipinski definition) is 2. The molecule has 4 rings (SSSR count). The molecule has 2 heterocycles. The van der Waals surface area contributed by atoms with Crippen LogP contribution in [0.15, 0.2) is 48.7 Å². The molecule has 0 saturated carbocycles. The Kier molecular flexibility index (Phi) is 7.27. The maximum Gasteiger partial charge on any atom is 0.337 e. The second-order valence-corrected chi connectivity index (χ2v) is 7.02. The van der Waals surface area contributed by atoms with Gasteiger partial charge in [-0.25, -0.2) is 4.79 Å². The number of aryl methyl sites for hydroxylation is 1. The molecule has 3 aromatic rings. The zero-order valence-corrected chi connectivity index (χ0v) is 17.3. The molecule has 0 spiro atoms.